The highest BCUT2D eigenvalue weighted by Crippen LogP contribution is 2.23. The molecule has 0 unspecified atom stereocenters. The van der Waals surface area contributed by atoms with Gasteiger partial charge in [-0.25, -0.2) is 0 Å². The zero-order chi connectivity index (χ0) is 9.14. The van der Waals surface area contributed by atoms with Gasteiger partial charge in [-0.1, -0.05) is 11.6 Å². The van der Waals surface area contributed by atoms with E-state index in [1.54, 1.807) is 0 Å². The van der Waals surface area contributed by atoms with Crippen molar-refractivity contribution in [1.29, 1.82) is 0 Å². The first-order valence-electron chi connectivity index (χ1n) is 3.91. The fourth-order valence-electron chi connectivity index (χ4n) is 1.10. The van der Waals surface area contributed by atoms with E-state index >= 15 is 0 Å². The molecule has 0 spiro atoms. The van der Waals surface area contributed by atoms with Crippen LogP contribution in [0.4, 0.5) is 5.82 Å². The predicted molar refractivity (Wildman–Crippen MR) is 53.1 cm³/mol. The number of hydrogen-bond acceptors (Lipinski definition) is 4. The van der Waals surface area contributed by atoms with Gasteiger partial charge in [0.2, 0.25) is 0 Å². The molecule has 0 aliphatic heterocycles. The summed E-state index contributed by atoms with van der Waals surface area (Å²) >= 11 is 7.01. The molecular weight excluding hydrogens is 194 g/mol. The van der Waals surface area contributed by atoms with Crippen LogP contribution in [0.25, 0.3) is 0 Å². The predicted octanol–water partition coefficient (Wildman–Crippen LogP) is 2.43. The fourth-order valence-corrected chi connectivity index (χ4v) is 1.86. The molecule has 1 heterocycles. The van der Waals surface area contributed by atoms with E-state index in [4.69, 9.17) is 11.6 Å². The molecule has 0 atom stereocenters. The Labute approximate surface area is 81.7 Å². The van der Waals surface area contributed by atoms with E-state index in [1.807, 2.05) is 0 Å². The third-order valence-corrected chi connectivity index (χ3v) is 2.54. The molecule has 1 aromatic heterocycles. The van der Waals surface area contributed by atoms with E-state index in [1.165, 1.54) is 0 Å². The molecule has 1 rings (SSSR count). The summed E-state index contributed by atoms with van der Waals surface area (Å²) in [4.78, 5) is 2.12. The van der Waals surface area contributed by atoms with Crippen molar-refractivity contribution in [2.24, 2.45) is 0 Å². The number of aromatic nitrogens is 2. The van der Waals surface area contributed by atoms with Crippen LogP contribution in [0.15, 0.2) is 0 Å². The van der Waals surface area contributed by atoms with Crippen LogP contribution >= 0.6 is 23.3 Å². The van der Waals surface area contributed by atoms with E-state index in [0.29, 0.717) is 11.2 Å². The first-order valence-corrected chi connectivity index (χ1v) is 5.02. The average Bonchev–Trinajstić information content (AvgIpc) is 2.38. The Kier molecular flexibility index (Phi) is 3.29. The van der Waals surface area contributed by atoms with Crippen LogP contribution in [0.2, 0.25) is 5.15 Å². The fraction of sp³-hybridized carbons (Fsp3) is 0.714. The van der Waals surface area contributed by atoms with Gasteiger partial charge in [0.15, 0.2) is 11.0 Å². The Hall–Kier alpha value is -0.350. The third kappa shape index (κ3) is 1.87. The Morgan fingerprint density at radius 3 is 2.50 bits per heavy atom. The summed E-state index contributed by atoms with van der Waals surface area (Å²) in [6, 6.07) is 0.413. The number of anilines is 1. The Morgan fingerprint density at radius 1 is 1.50 bits per heavy atom. The molecule has 3 nitrogen and oxygen atoms in total. The van der Waals surface area contributed by atoms with E-state index in [0.717, 1.165) is 24.1 Å². The van der Waals surface area contributed by atoms with Gasteiger partial charge in [-0.15, -0.1) is 0 Å². The van der Waals surface area contributed by atoms with Crippen molar-refractivity contribution in [1.82, 2.24) is 8.75 Å². The van der Waals surface area contributed by atoms with Gasteiger partial charge >= 0.3 is 0 Å². The molecular formula is C7H12ClN3S. The van der Waals surface area contributed by atoms with Gasteiger partial charge < -0.3 is 4.90 Å². The molecule has 0 fully saturated rings. The molecule has 0 aromatic carbocycles. The van der Waals surface area contributed by atoms with Crippen molar-refractivity contribution in [3.8, 4) is 0 Å². The van der Waals surface area contributed by atoms with Gasteiger partial charge in [-0.05, 0) is 20.8 Å². The third-order valence-electron chi connectivity index (χ3n) is 1.67. The maximum atomic E-state index is 5.85. The van der Waals surface area contributed by atoms with Gasteiger partial charge in [-0.3, -0.25) is 0 Å². The summed E-state index contributed by atoms with van der Waals surface area (Å²) in [6.45, 7) is 7.21. The van der Waals surface area contributed by atoms with Gasteiger partial charge in [0.05, 0.1) is 11.7 Å². The quantitative estimate of drug-likeness (QED) is 0.759. The standard InChI is InChI=1S/C7H12ClN3S/c1-4-11(5(2)3)7-6(8)9-12-10-7/h5H,4H2,1-3H3. The zero-order valence-corrected chi connectivity index (χ0v) is 8.98. The number of nitrogens with zero attached hydrogens (tertiary/aromatic N) is 3. The van der Waals surface area contributed by atoms with Crippen LogP contribution in [-0.2, 0) is 0 Å². The lowest BCUT2D eigenvalue weighted by Crippen LogP contribution is -2.30. The molecule has 0 amide bonds. The maximum absolute atomic E-state index is 5.85. The van der Waals surface area contributed by atoms with Crippen molar-refractivity contribution in [2.45, 2.75) is 26.8 Å². The molecule has 0 bridgehead atoms. The molecule has 12 heavy (non-hydrogen) atoms. The van der Waals surface area contributed by atoms with Crippen LogP contribution in [0.1, 0.15) is 20.8 Å². The SMILES string of the molecule is CCN(c1nsnc1Cl)C(C)C. The molecule has 0 saturated carbocycles. The minimum absolute atomic E-state index is 0.413. The van der Waals surface area contributed by atoms with Crippen molar-refractivity contribution < 1.29 is 0 Å². The van der Waals surface area contributed by atoms with Crippen LogP contribution in [0.3, 0.4) is 0 Å². The number of rotatable bonds is 3. The number of halogens is 1. The second-order valence-electron chi connectivity index (χ2n) is 2.76. The largest absolute Gasteiger partial charge is 0.351 e. The Bertz CT molecular complexity index is 249. The lowest BCUT2D eigenvalue weighted by atomic mass is 10.3. The number of hydrogen-bond donors (Lipinski definition) is 0. The van der Waals surface area contributed by atoms with Gasteiger partial charge in [0, 0.05) is 12.6 Å². The van der Waals surface area contributed by atoms with E-state index in [-0.39, 0.29) is 0 Å². The van der Waals surface area contributed by atoms with Crippen molar-refractivity contribution in [3.05, 3.63) is 5.15 Å². The van der Waals surface area contributed by atoms with Crippen molar-refractivity contribution in [2.75, 3.05) is 11.4 Å². The molecule has 5 heteroatoms. The van der Waals surface area contributed by atoms with Crippen LogP contribution < -0.4 is 4.90 Å². The van der Waals surface area contributed by atoms with Gasteiger partial charge in [0.1, 0.15) is 0 Å². The first-order chi connectivity index (χ1) is 5.66. The molecule has 1 aromatic rings. The summed E-state index contributed by atoms with van der Waals surface area (Å²) < 4.78 is 8.05. The Balaban J connectivity index is 2.87. The maximum Gasteiger partial charge on any atom is 0.187 e. The molecule has 0 aliphatic carbocycles. The minimum atomic E-state index is 0.413. The smallest absolute Gasteiger partial charge is 0.187 e. The molecule has 0 aliphatic rings. The monoisotopic (exact) mass is 205 g/mol. The second kappa shape index (κ2) is 4.05. The molecule has 0 saturated heterocycles. The minimum Gasteiger partial charge on any atom is -0.351 e. The Morgan fingerprint density at radius 2 is 2.17 bits per heavy atom. The van der Waals surface area contributed by atoms with E-state index in [2.05, 4.69) is 34.4 Å². The van der Waals surface area contributed by atoms with Gasteiger partial charge in [-0.2, -0.15) is 8.75 Å². The molecule has 0 radical (unpaired) electrons. The highest BCUT2D eigenvalue weighted by molar-refractivity contribution is 6.99. The summed E-state index contributed by atoms with van der Waals surface area (Å²) in [5.74, 6) is 0.805. The van der Waals surface area contributed by atoms with Crippen molar-refractivity contribution >= 4 is 29.1 Å². The van der Waals surface area contributed by atoms with Crippen molar-refractivity contribution in [3.63, 3.8) is 0 Å². The van der Waals surface area contributed by atoms with Crippen LogP contribution in [-0.4, -0.2) is 21.3 Å². The first kappa shape index (κ1) is 9.74. The van der Waals surface area contributed by atoms with E-state index in [9.17, 15) is 0 Å². The van der Waals surface area contributed by atoms with Crippen LogP contribution in [0, 0.1) is 0 Å². The highest BCUT2D eigenvalue weighted by Gasteiger charge is 2.15. The van der Waals surface area contributed by atoms with E-state index < -0.39 is 0 Å². The van der Waals surface area contributed by atoms with Gasteiger partial charge in [0.25, 0.3) is 0 Å². The summed E-state index contributed by atoms with van der Waals surface area (Å²) in [5, 5.41) is 0.510. The molecule has 0 N–H and O–H groups in total. The van der Waals surface area contributed by atoms with Crippen LogP contribution in [0.5, 0.6) is 0 Å². The summed E-state index contributed by atoms with van der Waals surface area (Å²) in [7, 11) is 0. The lowest BCUT2D eigenvalue weighted by molar-refractivity contribution is 0.697. The molecule has 68 valence electrons. The summed E-state index contributed by atoms with van der Waals surface area (Å²) in [5.41, 5.74) is 0. The lowest BCUT2D eigenvalue weighted by Gasteiger charge is -2.24. The highest BCUT2D eigenvalue weighted by atomic mass is 35.5. The normalized spacial score (nSPS) is 10.8. The average molecular weight is 206 g/mol. The second-order valence-corrected chi connectivity index (χ2v) is 3.64. The summed E-state index contributed by atoms with van der Waals surface area (Å²) in [6.07, 6.45) is 0. The topological polar surface area (TPSA) is 29.0 Å². The zero-order valence-electron chi connectivity index (χ0n) is 7.41.